The van der Waals surface area contributed by atoms with Crippen LogP contribution in [0.25, 0.3) is 0 Å². The fraction of sp³-hybridized carbons (Fsp3) is 0.969. The number of ether oxygens (including phenoxy) is 1. The van der Waals surface area contributed by atoms with Gasteiger partial charge in [-0.15, -0.1) is 0 Å². The molecule has 0 aromatic rings. The lowest BCUT2D eigenvalue weighted by Crippen LogP contribution is -2.74. The van der Waals surface area contributed by atoms with Crippen LogP contribution in [0.4, 0.5) is 0 Å². The van der Waals surface area contributed by atoms with E-state index in [1.807, 2.05) is 6.92 Å². The first-order valence-corrected chi connectivity index (χ1v) is 15.5. The Balaban J connectivity index is 1.52. The topological polar surface area (TPSA) is 107 Å². The molecule has 0 aromatic heterocycles. The molecule has 5 saturated carbocycles. The van der Waals surface area contributed by atoms with Crippen LogP contribution in [0.2, 0.25) is 0 Å². The summed E-state index contributed by atoms with van der Waals surface area (Å²) in [4.78, 5) is 12.5. The fourth-order valence-electron chi connectivity index (χ4n) is 11.3. The largest absolute Gasteiger partial charge is 0.459 e. The van der Waals surface area contributed by atoms with E-state index >= 15 is 0 Å². The van der Waals surface area contributed by atoms with Crippen LogP contribution >= 0.6 is 0 Å². The second-order valence-electron chi connectivity index (χ2n) is 15.6. The van der Waals surface area contributed by atoms with Crippen LogP contribution in [0.5, 0.6) is 0 Å². The van der Waals surface area contributed by atoms with Crippen molar-refractivity contribution in [3.05, 3.63) is 0 Å². The van der Waals surface area contributed by atoms with Crippen molar-refractivity contribution in [2.75, 3.05) is 0 Å². The van der Waals surface area contributed by atoms with Crippen molar-refractivity contribution in [3.63, 3.8) is 0 Å². The molecule has 0 aromatic carbocycles. The van der Waals surface area contributed by atoms with E-state index < -0.39 is 46.8 Å². The molecule has 6 nitrogen and oxygen atoms in total. The summed E-state index contributed by atoms with van der Waals surface area (Å²) in [7, 11) is 0. The van der Waals surface area contributed by atoms with E-state index in [9.17, 15) is 25.2 Å². The summed E-state index contributed by atoms with van der Waals surface area (Å²) in [6.45, 7) is 17.5. The number of fused-ring (bicyclic) bond motifs is 5. The van der Waals surface area contributed by atoms with Gasteiger partial charge in [0.1, 0.15) is 6.10 Å². The van der Waals surface area contributed by atoms with Gasteiger partial charge >= 0.3 is 5.97 Å². The Labute approximate surface area is 229 Å². The molecule has 0 radical (unpaired) electrons. The normalized spacial score (nSPS) is 55.4. The average molecular weight is 535 g/mol. The van der Waals surface area contributed by atoms with E-state index in [4.69, 9.17) is 4.74 Å². The van der Waals surface area contributed by atoms with Crippen LogP contribution in [-0.2, 0) is 9.53 Å². The first kappa shape index (κ1) is 28.8. The molecule has 218 valence electrons. The van der Waals surface area contributed by atoms with Crippen molar-refractivity contribution in [2.24, 2.45) is 63.6 Å². The van der Waals surface area contributed by atoms with Gasteiger partial charge in [0.25, 0.3) is 0 Å². The van der Waals surface area contributed by atoms with Gasteiger partial charge in [0.05, 0.1) is 23.9 Å². The molecule has 5 aliphatic rings. The van der Waals surface area contributed by atoms with Crippen LogP contribution < -0.4 is 0 Å². The number of hydrogen-bond acceptors (Lipinski definition) is 6. The Morgan fingerprint density at radius 1 is 0.947 bits per heavy atom. The van der Waals surface area contributed by atoms with Crippen LogP contribution in [0.3, 0.4) is 0 Å². The van der Waals surface area contributed by atoms with E-state index in [2.05, 4.69) is 41.5 Å². The van der Waals surface area contributed by atoms with Crippen molar-refractivity contribution in [1.82, 2.24) is 0 Å². The molecule has 5 aliphatic carbocycles. The van der Waals surface area contributed by atoms with Gasteiger partial charge in [0.2, 0.25) is 0 Å². The molecule has 5 rings (SSSR count). The zero-order valence-electron chi connectivity index (χ0n) is 25.0. The third-order valence-electron chi connectivity index (χ3n) is 13.9. The zero-order valence-corrected chi connectivity index (χ0v) is 25.0. The number of esters is 1. The van der Waals surface area contributed by atoms with Crippen molar-refractivity contribution in [1.29, 1.82) is 0 Å². The molecule has 0 amide bonds. The van der Waals surface area contributed by atoms with Gasteiger partial charge in [-0.1, -0.05) is 48.5 Å². The summed E-state index contributed by atoms with van der Waals surface area (Å²) < 4.78 is 6.04. The fourth-order valence-corrected chi connectivity index (χ4v) is 11.3. The molecular formula is C32H54O6. The Morgan fingerprint density at radius 2 is 1.61 bits per heavy atom. The van der Waals surface area contributed by atoms with Crippen molar-refractivity contribution in [3.8, 4) is 0 Å². The van der Waals surface area contributed by atoms with Gasteiger partial charge in [-0.2, -0.15) is 0 Å². The monoisotopic (exact) mass is 534 g/mol. The van der Waals surface area contributed by atoms with Gasteiger partial charge in [-0.3, -0.25) is 4.79 Å². The summed E-state index contributed by atoms with van der Waals surface area (Å²) in [5, 5.41) is 46.1. The van der Waals surface area contributed by atoms with Crippen LogP contribution in [0.1, 0.15) is 100 Å². The molecule has 6 heteroatoms. The van der Waals surface area contributed by atoms with Gasteiger partial charge in [-0.05, 0) is 85.4 Å². The second kappa shape index (κ2) is 9.16. The highest BCUT2D eigenvalue weighted by Gasteiger charge is 2.73. The molecule has 0 unspecified atom stereocenters. The van der Waals surface area contributed by atoms with Crippen LogP contribution in [0.15, 0.2) is 0 Å². The Hall–Kier alpha value is -0.690. The maximum Gasteiger partial charge on any atom is 0.303 e. The number of aliphatic hydroxyl groups excluding tert-OH is 3. The number of carbonyl (C=O) groups is 1. The van der Waals surface area contributed by atoms with Gasteiger partial charge < -0.3 is 25.2 Å². The first-order chi connectivity index (χ1) is 17.5. The second-order valence-corrected chi connectivity index (χ2v) is 15.6. The Kier molecular flexibility index (Phi) is 6.95. The maximum atomic E-state index is 12.5. The van der Waals surface area contributed by atoms with Crippen molar-refractivity contribution >= 4 is 5.97 Å². The van der Waals surface area contributed by atoms with Gasteiger partial charge in [-0.25, -0.2) is 0 Å². The summed E-state index contributed by atoms with van der Waals surface area (Å²) in [6.07, 6.45) is 1.68. The van der Waals surface area contributed by atoms with Crippen molar-refractivity contribution < 1.29 is 30.0 Å². The van der Waals surface area contributed by atoms with Crippen LogP contribution in [-0.4, -0.2) is 56.4 Å². The van der Waals surface area contributed by atoms with E-state index in [1.165, 1.54) is 13.3 Å². The molecule has 38 heavy (non-hydrogen) atoms. The summed E-state index contributed by atoms with van der Waals surface area (Å²) >= 11 is 0. The Morgan fingerprint density at radius 3 is 2.21 bits per heavy atom. The van der Waals surface area contributed by atoms with E-state index in [1.54, 1.807) is 0 Å². The quantitative estimate of drug-likeness (QED) is 0.385. The predicted octanol–water partition coefficient (Wildman–Crippen LogP) is 4.56. The standard InChI is InChI=1S/C32H54O6/c1-16(2)18(4)29(6)15-24(29)17(3)22-9-10-23-21-13-25(35)32(37)14-20(34)11-12-30(32,7)26(21)27(38-19(5)33)28(36)31(22,23)8/h16-18,20-28,34-37H,9-15H2,1-8H3/t17-,18+,20-,21-,22+,23-,24-,25+,26+,27-,28-,29+,30+,31+,32-/m0/s1. The van der Waals surface area contributed by atoms with E-state index in [0.29, 0.717) is 54.3 Å². The lowest BCUT2D eigenvalue weighted by atomic mass is 9.41. The molecule has 0 saturated heterocycles. The first-order valence-electron chi connectivity index (χ1n) is 15.5. The SMILES string of the molecule is CC(=O)O[C@H]1[C@H]2[C@@H](C[C@@H](O)[C@@]3(O)C[C@@H](O)CC[C@]23C)[C@@H]2CC[C@H]([C@H](C)[C@@H]3C[C@]3(C)[C@H](C)C(C)C)[C@@]2(C)[C@H]1O. The molecule has 0 spiro atoms. The van der Waals surface area contributed by atoms with E-state index in [0.717, 1.165) is 12.8 Å². The van der Waals surface area contributed by atoms with Gasteiger partial charge in [0, 0.05) is 30.1 Å². The highest BCUT2D eigenvalue weighted by molar-refractivity contribution is 5.66. The molecule has 15 atom stereocenters. The minimum absolute atomic E-state index is 0.0423. The zero-order chi connectivity index (χ0) is 28.2. The van der Waals surface area contributed by atoms with Crippen molar-refractivity contribution in [2.45, 2.75) is 130 Å². The molecule has 4 N–H and O–H groups in total. The highest BCUT2D eigenvalue weighted by Crippen LogP contribution is 2.72. The molecule has 5 fully saturated rings. The minimum atomic E-state index is -1.47. The maximum absolute atomic E-state index is 12.5. The smallest absolute Gasteiger partial charge is 0.303 e. The Bertz CT molecular complexity index is 937. The molecule has 0 aliphatic heterocycles. The lowest BCUT2D eigenvalue weighted by molar-refractivity contribution is -0.302. The number of aliphatic hydroxyl groups is 4. The summed E-state index contributed by atoms with van der Waals surface area (Å²) in [5.74, 6) is 2.22. The number of hydrogen-bond donors (Lipinski definition) is 4. The van der Waals surface area contributed by atoms with Gasteiger partial charge in [0.15, 0.2) is 0 Å². The summed E-state index contributed by atoms with van der Waals surface area (Å²) in [6, 6.07) is 0. The predicted molar refractivity (Wildman–Crippen MR) is 146 cm³/mol. The third-order valence-corrected chi connectivity index (χ3v) is 13.9. The average Bonchev–Trinajstić information content (AvgIpc) is 3.39. The molecular weight excluding hydrogens is 480 g/mol. The molecule has 0 heterocycles. The third kappa shape index (κ3) is 3.75. The number of rotatable bonds is 5. The highest BCUT2D eigenvalue weighted by atomic mass is 16.6. The number of carbonyl (C=O) groups excluding carboxylic acids is 1. The lowest BCUT2D eigenvalue weighted by Gasteiger charge is -2.67. The van der Waals surface area contributed by atoms with Crippen LogP contribution in [0, 0.1) is 63.6 Å². The molecule has 0 bridgehead atoms. The minimum Gasteiger partial charge on any atom is -0.459 e. The van der Waals surface area contributed by atoms with E-state index in [-0.39, 0.29) is 24.2 Å². The summed E-state index contributed by atoms with van der Waals surface area (Å²) in [5.41, 5.74) is -2.33.